The van der Waals surface area contributed by atoms with Crippen LogP contribution < -0.4 is 5.73 Å². The maximum absolute atomic E-state index is 6.47. The van der Waals surface area contributed by atoms with Crippen LogP contribution in [0.15, 0.2) is 22.9 Å². The highest BCUT2D eigenvalue weighted by Crippen LogP contribution is 2.27. The zero-order chi connectivity index (χ0) is 13.8. The highest BCUT2D eigenvalue weighted by Gasteiger charge is 2.35. The largest absolute Gasteiger partial charge is 0.326 e. The monoisotopic (exact) mass is 313 g/mol. The number of hydrogen-bond donors (Lipinski definition) is 1. The minimum absolute atomic E-state index is 0.0579. The first-order chi connectivity index (χ1) is 8.46. The molecule has 0 saturated carbocycles. The SMILES string of the molecule is CCC(CC)(C(N)Cc1cncc(Br)c1)N(C)C. The summed E-state index contributed by atoms with van der Waals surface area (Å²) in [5.41, 5.74) is 7.72. The van der Waals surface area contributed by atoms with E-state index in [9.17, 15) is 0 Å². The Kier molecular flexibility index (Phi) is 5.76. The molecule has 3 nitrogen and oxygen atoms in total. The molecule has 1 rings (SSSR count). The normalized spacial score (nSPS) is 13.9. The molecule has 0 radical (unpaired) electrons. The first-order valence-corrected chi connectivity index (χ1v) is 7.28. The number of rotatable bonds is 6. The quantitative estimate of drug-likeness (QED) is 0.878. The number of nitrogens with two attached hydrogens (primary N) is 1. The molecule has 0 aliphatic heterocycles. The highest BCUT2D eigenvalue weighted by atomic mass is 79.9. The van der Waals surface area contributed by atoms with E-state index in [0.717, 1.165) is 23.7 Å². The fourth-order valence-electron chi connectivity index (χ4n) is 2.75. The molecular weight excluding hydrogens is 290 g/mol. The molecule has 1 unspecified atom stereocenters. The second-order valence-corrected chi connectivity index (χ2v) is 5.94. The molecule has 102 valence electrons. The van der Waals surface area contributed by atoms with Crippen LogP contribution in [0.25, 0.3) is 0 Å². The smallest absolute Gasteiger partial charge is 0.0410 e. The summed E-state index contributed by atoms with van der Waals surface area (Å²) >= 11 is 3.45. The minimum atomic E-state index is 0.0579. The maximum Gasteiger partial charge on any atom is 0.0410 e. The van der Waals surface area contributed by atoms with Gasteiger partial charge in [0.1, 0.15) is 0 Å². The van der Waals surface area contributed by atoms with Gasteiger partial charge in [-0.15, -0.1) is 0 Å². The lowest BCUT2D eigenvalue weighted by Gasteiger charge is -2.43. The van der Waals surface area contributed by atoms with Crippen molar-refractivity contribution in [2.45, 2.75) is 44.7 Å². The van der Waals surface area contributed by atoms with Gasteiger partial charge in [0.05, 0.1) is 0 Å². The fourth-order valence-corrected chi connectivity index (χ4v) is 3.16. The molecule has 0 spiro atoms. The third-order valence-corrected chi connectivity index (χ3v) is 4.46. The first kappa shape index (κ1) is 15.6. The summed E-state index contributed by atoms with van der Waals surface area (Å²) in [4.78, 5) is 6.47. The van der Waals surface area contributed by atoms with E-state index < -0.39 is 0 Å². The molecule has 0 bridgehead atoms. The molecule has 0 aliphatic rings. The van der Waals surface area contributed by atoms with Gasteiger partial charge >= 0.3 is 0 Å². The zero-order valence-corrected chi connectivity index (χ0v) is 13.4. The van der Waals surface area contributed by atoms with Crippen LogP contribution in [0.4, 0.5) is 0 Å². The van der Waals surface area contributed by atoms with E-state index in [1.54, 1.807) is 6.20 Å². The van der Waals surface area contributed by atoms with Crippen LogP contribution in [-0.4, -0.2) is 35.6 Å². The Morgan fingerprint density at radius 3 is 2.39 bits per heavy atom. The Labute approximate surface area is 119 Å². The van der Waals surface area contributed by atoms with Crippen LogP contribution in [0.1, 0.15) is 32.3 Å². The van der Waals surface area contributed by atoms with Crippen molar-refractivity contribution < 1.29 is 0 Å². The predicted molar refractivity (Wildman–Crippen MR) is 80.6 cm³/mol. The Bertz CT molecular complexity index is 375. The van der Waals surface area contributed by atoms with Crippen molar-refractivity contribution in [1.82, 2.24) is 9.88 Å². The molecule has 0 fully saturated rings. The number of aromatic nitrogens is 1. The van der Waals surface area contributed by atoms with Crippen LogP contribution in [0.3, 0.4) is 0 Å². The molecule has 0 aromatic carbocycles. The molecule has 1 aromatic heterocycles. The summed E-state index contributed by atoms with van der Waals surface area (Å²) in [5, 5.41) is 0. The predicted octanol–water partition coefficient (Wildman–Crippen LogP) is 2.83. The van der Waals surface area contributed by atoms with Crippen molar-refractivity contribution in [3.05, 3.63) is 28.5 Å². The van der Waals surface area contributed by atoms with Crippen molar-refractivity contribution >= 4 is 15.9 Å². The van der Waals surface area contributed by atoms with Crippen molar-refractivity contribution in [3.63, 3.8) is 0 Å². The Balaban J connectivity index is 2.88. The number of hydrogen-bond acceptors (Lipinski definition) is 3. The summed E-state index contributed by atoms with van der Waals surface area (Å²) < 4.78 is 1.01. The molecule has 0 amide bonds. The number of likely N-dealkylation sites (N-methyl/N-ethyl adjacent to an activating group) is 1. The van der Waals surface area contributed by atoms with Crippen LogP contribution in [0.2, 0.25) is 0 Å². The molecule has 0 saturated heterocycles. The highest BCUT2D eigenvalue weighted by molar-refractivity contribution is 9.10. The third kappa shape index (κ3) is 3.31. The van der Waals surface area contributed by atoms with E-state index >= 15 is 0 Å². The summed E-state index contributed by atoms with van der Waals surface area (Å²) in [5.74, 6) is 0. The van der Waals surface area contributed by atoms with Gasteiger partial charge in [-0.2, -0.15) is 0 Å². The standard InChI is InChI=1S/C14H24BrN3/c1-5-14(6-2,18(3)4)13(16)8-11-7-12(15)10-17-9-11/h7,9-10,13H,5-6,8,16H2,1-4H3. The summed E-state index contributed by atoms with van der Waals surface area (Å²) in [7, 11) is 4.23. The Morgan fingerprint density at radius 1 is 1.33 bits per heavy atom. The lowest BCUT2D eigenvalue weighted by molar-refractivity contribution is 0.105. The van der Waals surface area contributed by atoms with Gasteiger partial charge in [0.2, 0.25) is 0 Å². The van der Waals surface area contributed by atoms with Gasteiger partial charge in [-0.05, 0) is 60.9 Å². The number of halogens is 1. The van der Waals surface area contributed by atoms with Crippen molar-refractivity contribution in [3.8, 4) is 0 Å². The fraction of sp³-hybridized carbons (Fsp3) is 0.643. The lowest BCUT2D eigenvalue weighted by atomic mass is 9.81. The van der Waals surface area contributed by atoms with Gasteiger partial charge in [0.15, 0.2) is 0 Å². The van der Waals surface area contributed by atoms with Gasteiger partial charge in [0, 0.05) is 28.4 Å². The van der Waals surface area contributed by atoms with Gasteiger partial charge in [-0.3, -0.25) is 4.98 Å². The maximum atomic E-state index is 6.47. The summed E-state index contributed by atoms with van der Waals surface area (Å²) in [6.45, 7) is 4.42. The van der Waals surface area contributed by atoms with Gasteiger partial charge in [-0.1, -0.05) is 13.8 Å². The van der Waals surface area contributed by atoms with Gasteiger partial charge < -0.3 is 10.6 Å². The molecule has 1 atom stereocenters. The van der Waals surface area contributed by atoms with Crippen molar-refractivity contribution in [2.24, 2.45) is 5.73 Å². The lowest BCUT2D eigenvalue weighted by Crippen LogP contribution is -2.57. The number of nitrogens with zero attached hydrogens (tertiary/aromatic N) is 2. The molecule has 0 aliphatic carbocycles. The average molecular weight is 314 g/mol. The van der Waals surface area contributed by atoms with Crippen LogP contribution in [0, 0.1) is 0 Å². The Morgan fingerprint density at radius 2 is 1.94 bits per heavy atom. The molecule has 1 aromatic rings. The first-order valence-electron chi connectivity index (χ1n) is 6.48. The van der Waals surface area contributed by atoms with Gasteiger partial charge in [0.25, 0.3) is 0 Å². The number of pyridine rings is 1. The second-order valence-electron chi connectivity index (χ2n) is 5.03. The molecule has 18 heavy (non-hydrogen) atoms. The summed E-state index contributed by atoms with van der Waals surface area (Å²) in [6.07, 6.45) is 6.66. The van der Waals surface area contributed by atoms with E-state index in [4.69, 9.17) is 5.73 Å². The van der Waals surface area contributed by atoms with E-state index in [-0.39, 0.29) is 11.6 Å². The third-order valence-electron chi connectivity index (χ3n) is 4.02. The van der Waals surface area contributed by atoms with E-state index in [1.807, 2.05) is 6.20 Å². The van der Waals surface area contributed by atoms with E-state index in [1.165, 1.54) is 5.56 Å². The van der Waals surface area contributed by atoms with E-state index in [0.29, 0.717) is 0 Å². The molecule has 4 heteroatoms. The summed E-state index contributed by atoms with van der Waals surface area (Å²) in [6, 6.07) is 2.21. The van der Waals surface area contributed by atoms with Gasteiger partial charge in [-0.25, -0.2) is 0 Å². The van der Waals surface area contributed by atoms with Crippen LogP contribution >= 0.6 is 15.9 Å². The average Bonchev–Trinajstić information content (AvgIpc) is 2.30. The van der Waals surface area contributed by atoms with E-state index in [2.05, 4.69) is 59.8 Å². The minimum Gasteiger partial charge on any atom is -0.326 e. The molecular formula is C14H24BrN3. The van der Waals surface area contributed by atoms with Crippen molar-refractivity contribution in [2.75, 3.05) is 14.1 Å². The van der Waals surface area contributed by atoms with Crippen LogP contribution in [-0.2, 0) is 6.42 Å². The molecule has 2 N–H and O–H groups in total. The molecule has 1 heterocycles. The Hall–Kier alpha value is -0.450. The van der Waals surface area contributed by atoms with Crippen LogP contribution in [0.5, 0.6) is 0 Å². The topological polar surface area (TPSA) is 42.1 Å². The zero-order valence-electron chi connectivity index (χ0n) is 11.8. The van der Waals surface area contributed by atoms with Crippen molar-refractivity contribution in [1.29, 1.82) is 0 Å². The second kappa shape index (κ2) is 6.64.